The first-order valence-corrected chi connectivity index (χ1v) is 7.88. The molecule has 0 amide bonds. The lowest BCUT2D eigenvalue weighted by atomic mass is 10.1. The van der Waals surface area contributed by atoms with Gasteiger partial charge < -0.3 is 4.74 Å². The van der Waals surface area contributed by atoms with E-state index in [0.717, 1.165) is 25.5 Å². The number of halogens is 2. The summed E-state index contributed by atoms with van der Waals surface area (Å²) >= 11 is 7.18. The maximum Gasteiger partial charge on any atom is 0.127 e. The molecular weight excluding hydrogens is 380 g/mol. The van der Waals surface area contributed by atoms with Crippen molar-refractivity contribution < 1.29 is 4.74 Å². The largest absolute Gasteiger partial charge is 0.488 e. The van der Waals surface area contributed by atoms with Gasteiger partial charge in [-0.25, -0.2) is 0 Å². The fourth-order valence-electron chi connectivity index (χ4n) is 2.16. The van der Waals surface area contributed by atoms with Crippen LogP contribution in [0.2, 0.25) is 0 Å². The van der Waals surface area contributed by atoms with Gasteiger partial charge in [0.2, 0.25) is 0 Å². The Bertz CT molecular complexity index is 730. The van der Waals surface area contributed by atoms with Crippen LogP contribution in [0.1, 0.15) is 5.56 Å². The van der Waals surface area contributed by atoms with Gasteiger partial charge in [-0.15, -0.1) is 0 Å². The molecule has 0 N–H and O–H groups in total. The number of hydrogen-bond acceptors (Lipinski definition) is 1. The summed E-state index contributed by atoms with van der Waals surface area (Å²) in [5.41, 5.74) is 1.17. The van der Waals surface area contributed by atoms with E-state index in [1.165, 1.54) is 5.56 Å². The van der Waals surface area contributed by atoms with E-state index in [2.05, 4.69) is 50.1 Å². The molecule has 0 unspecified atom stereocenters. The minimum atomic E-state index is 0.573. The van der Waals surface area contributed by atoms with E-state index in [1.807, 2.05) is 42.5 Å². The third-order valence-corrected chi connectivity index (χ3v) is 4.46. The van der Waals surface area contributed by atoms with E-state index >= 15 is 0 Å². The van der Waals surface area contributed by atoms with E-state index < -0.39 is 0 Å². The highest BCUT2D eigenvalue weighted by atomic mass is 79.9. The summed E-state index contributed by atoms with van der Waals surface area (Å²) in [6, 6.07) is 20.3. The molecule has 3 rings (SSSR count). The van der Waals surface area contributed by atoms with Gasteiger partial charge in [0.1, 0.15) is 12.4 Å². The van der Waals surface area contributed by atoms with Gasteiger partial charge >= 0.3 is 0 Å². The fraction of sp³-hybridized carbons (Fsp3) is 0.0588. The molecule has 0 aliphatic carbocycles. The summed E-state index contributed by atoms with van der Waals surface area (Å²) in [7, 11) is 0. The van der Waals surface area contributed by atoms with Crippen molar-refractivity contribution in [3.63, 3.8) is 0 Å². The number of fused-ring (bicyclic) bond motifs is 1. The SMILES string of the molecule is Brc1cccc2c(OCc3ccccc3)ccc(Br)c12. The highest BCUT2D eigenvalue weighted by molar-refractivity contribution is 9.11. The molecule has 0 heterocycles. The Kier molecular flexibility index (Phi) is 4.08. The zero-order valence-corrected chi connectivity index (χ0v) is 13.8. The Hall–Kier alpha value is -1.32. The molecule has 0 saturated heterocycles. The molecule has 0 aliphatic heterocycles. The van der Waals surface area contributed by atoms with Gasteiger partial charge in [0.05, 0.1) is 0 Å². The van der Waals surface area contributed by atoms with Crippen molar-refractivity contribution >= 4 is 42.6 Å². The molecule has 0 spiro atoms. The zero-order valence-electron chi connectivity index (χ0n) is 10.6. The van der Waals surface area contributed by atoms with Crippen LogP contribution in [-0.2, 0) is 6.61 Å². The molecule has 0 fully saturated rings. The second-order valence-electron chi connectivity index (χ2n) is 4.48. The van der Waals surface area contributed by atoms with E-state index in [-0.39, 0.29) is 0 Å². The molecule has 3 aromatic carbocycles. The van der Waals surface area contributed by atoms with E-state index in [9.17, 15) is 0 Å². The minimum absolute atomic E-state index is 0.573. The maximum absolute atomic E-state index is 5.97. The molecule has 3 aromatic rings. The average molecular weight is 392 g/mol. The first-order chi connectivity index (χ1) is 9.75. The number of rotatable bonds is 3. The quantitative estimate of drug-likeness (QED) is 0.536. The van der Waals surface area contributed by atoms with Crippen molar-refractivity contribution in [1.29, 1.82) is 0 Å². The zero-order chi connectivity index (χ0) is 13.9. The predicted octanol–water partition coefficient (Wildman–Crippen LogP) is 5.94. The van der Waals surface area contributed by atoms with Crippen molar-refractivity contribution in [2.75, 3.05) is 0 Å². The Morgan fingerprint density at radius 3 is 2.30 bits per heavy atom. The van der Waals surface area contributed by atoms with Gasteiger partial charge in [-0.2, -0.15) is 0 Å². The summed E-state index contributed by atoms with van der Waals surface area (Å²) < 4.78 is 8.10. The van der Waals surface area contributed by atoms with Gasteiger partial charge in [-0.1, -0.05) is 74.3 Å². The predicted molar refractivity (Wildman–Crippen MR) is 90.1 cm³/mol. The second kappa shape index (κ2) is 5.98. The molecule has 0 aromatic heterocycles. The highest BCUT2D eigenvalue weighted by Crippen LogP contribution is 2.36. The Morgan fingerprint density at radius 1 is 0.750 bits per heavy atom. The smallest absolute Gasteiger partial charge is 0.127 e. The normalized spacial score (nSPS) is 10.7. The molecule has 1 nitrogen and oxygen atoms in total. The molecule has 20 heavy (non-hydrogen) atoms. The van der Waals surface area contributed by atoms with Crippen LogP contribution in [0.4, 0.5) is 0 Å². The standard InChI is InChI=1S/C17H12Br2O/c18-14-8-4-7-13-16(10-9-15(19)17(13)14)20-11-12-5-2-1-3-6-12/h1-10H,11H2. The van der Waals surface area contributed by atoms with E-state index in [1.54, 1.807) is 0 Å². The van der Waals surface area contributed by atoms with E-state index in [0.29, 0.717) is 6.61 Å². The first kappa shape index (κ1) is 13.7. The highest BCUT2D eigenvalue weighted by Gasteiger charge is 2.08. The van der Waals surface area contributed by atoms with Gasteiger partial charge in [-0.05, 0) is 23.8 Å². The van der Waals surface area contributed by atoms with Gasteiger partial charge in [0.25, 0.3) is 0 Å². The molecule has 0 atom stereocenters. The molecule has 0 saturated carbocycles. The van der Waals surface area contributed by atoms with Crippen molar-refractivity contribution in [2.24, 2.45) is 0 Å². The summed E-state index contributed by atoms with van der Waals surface area (Å²) in [6.07, 6.45) is 0. The van der Waals surface area contributed by atoms with Crippen molar-refractivity contribution in [3.05, 3.63) is 75.2 Å². The van der Waals surface area contributed by atoms with Crippen LogP contribution in [0.15, 0.2) is 69.6 Å². The van der Waals surface area contributed by atoms with Gasteiger partial charge in [0.15, 0.2) is 0 Å². The minimum Gasteiger partial charge on any atom is -0.488 e. The van der Waals surface area contributed by atoms with Crippen molar-refractivity contribution in [1.82, 2.24) is 0 Å². The van der Waals surface area contributed by atoms with Crippen LogP contribution in [0.25, 0.3) is 10.8 Å². The molecule has 100 valence electrons. The second-order valence-corrected chi connectivity index (χ2v) is 6.19. The number of hydrogen-bond donors (Lipinski definition) is 0. The third kappa shape index (κ3) is 2.74. The Balaban J connectivity index is 1.96. The third-order valence-electron chi connectivity index (χ3n) is 3.14. The topological polar surface area (TPSA) is 9.23 Å². The van der Waals surface area contributed by atoms with Crippen LogP contribution in [-0.4, -0.2) is 0 Å². The van der Waals surface area contributed by atoms with Crippen LogP contribution in [0.5, 0.6) is 5.75 Å². The fourth-order valence-corrected chi connectivity index (χ4v) is 3.56. The van der Waals surface area contributed by atoms with Crippen LogP contribution >= 0.6 is 31.9 Å². The molecular formula is C17H12Br2O. The summed E-state index contributed by atoms with van der Waals surface area (Å²) in [4.78, 5) is 0. The lowest BCUT2D eigenvalue weighted by Gasteiger charge is -2.11. The van der Waals surface area contributed by atoms with Crippen LogP contribution in [0.3, 0.4) is 0 Å². The lowest BCUT2D eigenvalue weighted by molar-refractivity contribution is 0.310. The number of ether oxygens (including phenoxy) is 1. The Morgan fingerprint density at radius 2 is 1.50 bits per heavy atom. The monoisotopic (exact) mass is 390 g/mol. The lowest BCUT2D eigenvalue weighted by Crippen LogP contribution is -1.96. The maximum atomic E-state index is 5.97. The average Bonchev–Trinajstić information content (AvgIpc) is 2.48. The van der Waals surface area contributed by atoms with Gasteiger partial charge in [0, 0.05) is 19.7 Å². The van der Waals surface area contributed by atoms with E-state index in [4.69, 9.17) is 4.74 Å². The molecule has 0 bridgehead atoms. The molecule has 0 aliphatic rings. The molecule has 3 heteroatoms. The van der Waals surface area contributed by atoms with Crippen LogP contribution < -0.4 is 4.74 Å². The van der Waals surface area contributed by atoms with Crippen LogP contribution in [0, 0.1) is 0 Å². The Labute approximate surface area is 134 Å². The number of benzene rings is 3. The molecule has 0 radical (unpaired) electrons. The van der Waals surface area contributed by atoms with Gasteiger partial charge in [-0.3, -0.25) is 0 Å². The summed E-state index contributed by atoms with van der Waals surface area (Å²) in [5, 5.41) is 2.24. The first-order valence-electron chi connectivity index (χ1n) is 6.29. The summed E-state index contributed by atoms with van der Waals surface area (Å²) in [6.45, 7) is 0.573. The van der Waals surface area contributed by atoms with Crippen molar-refractivity contribution in [3.8, 4) is 5.75 Å². The van der Waals surface area contributed by atoms with Crippen molar-refractivity contribution in [2.45, 2.75) is 6.61 Å². The summed E-state index contributed by atoms with van der Waals surface area (Å²) in [5.74, 6) is 0.897.